The van der Waals surface area contributed by atoms with E-state index in [1.807, 2.05) is 12.1 Å². The molecule has 2 aromatic rings. The van der Waals surface area contributed by atoms with E-state index in [9.17, 15) is 4.39 Å². The van der Waals surface area contributed by atoms with Crippen LogP contribution in [0.4, 0.5) is 4.39 Å². The summed E-state index contributed by atoms with van der Waals surface area (Å²) in [5.41, 5.74) is 2.00. The van der Waals surface area contributed by atoms with Gasteiger partial charge in [-0.3, -0.25) is 0 Å². The van der Waals surface area contributed by atoms with E-state index < -0.39 is 0 Å². The van der Waals surface area contributed by atoms with Crippen LogP contribution in [0, 0.1) is 5.82 Å². The van der Waals surface area contributed by atoms with Gasteiger partial charge in [-0.05, 0) is 41.9 Å². The first-order valence-electron chi connectivity index (χ1n) is 6.55. The van der Waals surface area contributed by atoms with E-state index >= 15 is 0 Å². The van der Waals surface area contributed by atoms with Crippen LogP contribution in [0.1, 0.15) is 18.1 Å². The molecule has 0 atom stereocenters. The smallest absolute Gasteiger partial charge is 0.128 e. The summed E-state index contributed by atoms with van der Waals surface area (Å²) in [5.74, 6) is 0.488. The number of benzene rings is 2. The van der Waals surface area contributed by atoms with Gasteiger partial charge < -0.3 is 5.32 Å². The lowest BCUT2D eigenvalue weighted by Gasteiger charge is -2.06. The summed E-state index contributed by atoms with van der Waals surface area (Å²) in [5, 5.41) is 3.29. The molecule has 0 saturated carbocycles. The minimum atomic E-state index is -0.157. The molecule has 20 heavy (non-hydrogen) atoms. The first kappa shape index (κ1) is 15.5. The molecule has 0 aliphatic rings. The van der Waals surface area contributed by atoms with Gasteiger partial charge in [0.2, 0.25) is 0 Å². The molecular weight excluding hydrogens is 337 g/mol. The van der Waals surface area contributed by atoms with Crippen molar-refractivity contribution in [3.8, 4) is 0 Å². The molecule has 0 aliphatic carbocycles. The van der Waals surface area contributed by atoms with Crippen LogP contribution in [0.3, 0.4) is 0 Å². The highest BCUT2D eigenvalue weighted by molar-refractivity contribution is 9.10. The van der Waals surface area contributed by atoms with Gasteiger partial charge >= 0.3 is 0 Å². The number of hydrogen-bond acceptors (Lipinski definition) is 2. The number of halogens is 2. The zero-order valence-electron chi connectivity index (χ0n) is 11.3. The van der Waals surface area contributed by atoms with Gasteiger partial charge in [0.05, 0.1) is 0 Å². The number of thioether (sulfide) groups is 1. The average molecular weight is 354 g/mol. The van der Waals surface area contributed by atoms with Crippen molar-refractivity contribution in [3.63, 3.8) is 0 Å². The molecule has 1 nitrogen and oxygen atoms in total. The summed E-state index contributed by atoms with van der Waals surface area (Å²) in [6.45, 7) is 3.96. The molecule has 0 aromatic heterocycles. The summed E-state index contributed by atoms with van der Waals surface area (Å²) >= 11 is 4.92. The monoisotopic (exact) mass is 353 g/mol. The third kappa shape index (κ3) is 4.62. The summed E-state index contributed by atoms with van der Waals surface area (Å²) < 4.78 is 14.5. The summed E-state index contributed by atoms with van der Waals surface area (Å²) in [4.78, 5) is 1.16. The van der Waals surface area contributed by atoms with Crippen molar-refractivity contribution in [2.45, 2.75) is 24.1 Å². The van der Waals surface area contributed by atoms with Crippen LogP contribution in [0.15, 0.2) is 51.8 Å². The highest BCUT2D eigenvalue weighted by atomic mass is 79.9. The zero-order chi connectivity index (χ0) is 14.4. The molecule has 0 amide bonds. The second kappa shape index (κ2) is 7.81. The molecule has 2 rings (SSSR count). The van der Waals surface area contributed by atoms with E-state index in [2.05, 4.69) is 52.4 Å². The molecule has 4 heteroatoms. The van der Waals surface area contributed by atoms with Crippen molar-refractivity contribution in [3.05, 3.63) is 63.9 Å². The van der Waals surface area contributed by atoms with Crippen molar-refractivity contribution < 1.29 is 4.39 Å². The van der Waals surface area contributed by atoms with E-state index in [1.54, 1.807) is 11.8 Å². The Balaban J connectivity index is 1.93. The first-order chi connectivity index (χ1) is 9.69. The molecule has 0 fully saturated rings. The normalized spacial score (nSPS) is 10.8. The minimum Gasteiger partial charge on any atom is -0.313 e. The fraction of sp³-hybridized carbons (Fsp3) is 0.250. The molecular formula is C16H17BrFNS. The first-order valence-corrected chi connectivity index (χ1v) is 8.33. The number of nitrogens with one attached hydrogen (secondary N) is 1. The van der Waals surface area contributed by atoms with Crippen LogP contribution in [-0.4, -0.2) is 6.54 Å². The van der Waals surface area contributed by atoms with Crippen LogP contribution in [0.2, 0.25) is 0 Å². The third-order valence-electron chi connectivity index (χ3n) is 2.91. The molecule has 0 heterocycles. The van der Waals surface area contributed by atoms with Gasteiger partial charge in [-0.15, -0.1) is 11.8 Å². The van der Waals surface area contributed by atoms with E-state index in [0.717, 1.165) is 28.0 Å². The molecule has 0 bridgehead atoms. The van der Waals surface area contributed by atoms with Gasteiger partial charge in [-0.1, -0.05) is 41.1 Å². The fourth-order valence-corrected chi connectivity index (χ4v) is 2.99. The second-order valence-electron chi connectivity index (χ2n) is 4.45. The Morgan fingerprint density at radius 2 is 1.90 bits per heavy atom. The standard InChI is InChI=1S/C16H17BrFNS/c1-2-19-10-12-3-7-15(8-4-12)20-11-13-5-6-14(17)9-16(13)18/h3-9,19H,2,10-11H2,1H3. The number of hydrogen-bond donors (Lipinski definition) is 1. The Bertz CT molecular complexity index is 557. The van der Waals surface area contributed by atoms with Crippen LogP contribution in [-0.2, 0) is 12.3 Å². The molecule has 1 N–H and O–H groups in total. The van der Waals surface area contributed by atoms with Crippen molar-refractivity contribution in [2.75, 3.05) is 6.54 Å². The maximum atomic E-state index is 13.7. The van der Waals surface area contributed by atoms with E-state index in [0.29, 0.717) is 5.75 Å². The van der Waals surface area contributed by atoms with Crippen molar-refractivity contribution >= 4 is 27.7 Å². The zero-order valence-corrected chi connectivity index (χ0v) is 13.7. The fourth-order valence-electron chi connectivity index (χ4n) is 1.77. The number of rotatable bonds is 6. The van der Waals surface area contributed by atoms with Crippen LogP contribution in [0.5, 0.6) is 0 Å². The van der Waals surface area contributed by atoms with Gasteiger partial charge in [0, 0.05) is 21.7 Å². The Hall–Kier alpha value is -0.840. The Labute approximate surface area is 132 Å². The molecule has 0 saturated heterocycles. The van der Waals surface area contributed by atoms with Crippen molar-refractivity contribution in [2.24, 2.45) is 0 Å². The lowest BCUT2D eigenvalue weighted by atomic mass is 10.2. The lowest BCUT2D eigenvalue weighted by Crippen LogP contribution is -2.11. The highest BCUT2D eigenvalue weighted by Gasteiger charge is 2.04. The summed E-state index contributed by atoms with van der Waals surface area (Å²) in [6.07, 6.45) is 0. The molecule has 0 radical (unpaired) electrons. The lowest BCUT2D eigenvalue weighted by molar-refractivity contribution is 0.616. The van der Waals surface area contributed by atoms with E-state index in [4.69, 9.17) is 0 Å². The second-order valence-corrected chi connectivity index (χ2v) is 6.41. The van der Waals surface area contributed by atoms with Crippen molar-refractivity contribution in [1.82, 2.24) is 5.32 Å². The van der Waals surface area contributed by atoms with Crippen LogP contribution >= 0.6 is 27.7 Å². The van der Waals surface area contributed by atoms with Gasteiger partial charge in [0.25, 0.3) is 0 Å². The topological polar surface area (TPSA) is 12.0 Å². The van der Waals surface area contributed by atoms with E-state index in [-0.39, 0.29) is 5.82 Å². The Morgan fingerprint density at radius 3 is 2.55 bits per heavy atom. The molecule has 0 aliphatic heterocycles. The van der Waals surface area contributed by atoms with Gasteiger partial charge in [0.1, 0.15) is 5.82 Å². The molecule has 0 unspecified atom stereocenters. The SMILES string of the molecule is CCNCc1ccc(SCc2ccc(Br)cc2F)cc1. The van der Waals surface area contributed by atoms with Gasteiger partial charge in [-0.2, -0.15) is 0 Å². The molecule has 106 valence electrons. The maximum Gasteiger partial charge on any atom is 0.128 e. The van der Waals surface area contributed by atoms with Crippen molar-refractivity contribution in [1.29, 1.82) is 0 Å². The largest absolute Gasteiger partial charge is 0.313 e. The van der Waals surface area contributed by atoms with Crippen LogP contribution in [0.25, 0.3) is 0 Å². The third-order valence-corrected chi connectivity index (χ3v) is 4.47. The Kier molecular flexibility index (Phi) is 6.07. The van der Waals surface area contributed by atoms with Crippen LogP contribution < -0.4 is 5.32 Å². The Morgan fingerprint density at radius 1 is 1.15 bits per heavy atom. The van der Waals surface area contributed by atoms with E-state index in [1.165, 1.54) is 11.6 Å². The maximum absolute atomic E-state index is 13.7. The minimum absolute atomic E-state index is 0.157. The average Bonchev–Trinajstić information content (AvgIpc) is 2.45. The highest BCUT2D eigenvalue weighted by Crippen LogP contribution is 2.25. The predicted molar refractivity (Wildman–Crippen MR) is 87.5 cm³/mol. The van der Waals surface area contributed by atoms with Gasteiger partial charge in [-0.25, -0.2) is 4.39 Å². The van der Waals surface area contributed by atoms with Gasteiger partial charge in [0.15, 0.2) is 0 Å². The summed E-state index contributed by atoms with van der Waals surface area (Å²) in [6, 6.07) is 13.6. The summed E-state index contributed by atoms with van der Waals surface area (Å²) in [7, 11) is 0. The molecule has 0 spiro atoms. The quantitative estimate of drug-likeness (QED) is 0.734. The molecule has 2 aromatic carbocycles. The predicted octanol–water partition coefficient (Wildman–Crippen LogP) is 4.99.